The number of carbonyl (C=O) groups excluding carboxylic acids is 1. The monoisotopic (exact) mass is 280 g/mol. The fourth-order valence-corrected chi connectivity index (χ4v) is 1.73. The predicted molar refractivity (Wildman–Crippen MR) is 77.7 cm³/mol. The summed E-state index contributed by atoms with van der Waals surface area (Å²) >= 11 is 0. The Morgan fingerprint density at radius 1 is 1.35 bits per heavy atom. The van der Waals surface area contributed by atoms with Crippen LogP contribution >= 0.6 is 0 Å². The van der Waals surface area contributed by atoms with Gasteiger partial charge in [0.1, 0.15) is 5.75 Å². The quantitative estimate of drug-likeness (QED) is 0.743. The third-order valence-corrected chi connectivity index (χ3v) is 3.01. The van der Waals surface area contributed by atoms with E-state index in [0.717, 1.165) is 18.4 Å². The SMILES string of the molecule is CCCOC(Cc1cccc(O)c1)C(=O)OC(C)CC. The Morgan fingerprint density at radius 3 is 2.70 bits per heavy atom. The number of hydrogen-bond donors (Lipinski definition) is 1. The number of carbonyl (C=O) groups is 1. The van der Waals surface area contributed by atoms with Crippen molar-refractivity contribution >= 4 is 5.97 Å². The fourth-order valence-electron chi connectivity index (χ4n) is 1.73. The van der Waals surface area contributed by atoms with Crippen LogP contribution in [0, 0.1) is 0 Å². The molecule has 0 saturated heterocycles. The van der Waals surface area contributed by atoms with Gasteiger partial charge in [0.15, 0.2) is 6.10 Å². The maximum Gasteiger partial charge on any atom is 0.335 e. The highest BCUT2D eigenvalue weighted by atomic mass is 16.6. The van der Waals surface area contributed by atoms with E-state index in [2.05, 4.69) is 0 Å². The van der Waals surface area contributed by atoms with Gasteiger partial charge in [-0.15, -0.1) is 0 Å². The van der Waals surface area contributed by atoms with Crippen LogP contribution in [0.25, 0.3) is 0 Å². The lowest BCUT2D eigenvalue weighted by molar-refractivity contribution is -0.162. The summed E-state index contributed by atoms with van der Waals surface area (Å²) in [5, 5.41) is 9.47. The highest BCUT2D eigenvalue weighted by Crippen LogP contribution is 2.15. The van der Waals surface area contributed by atoms with Crippen LogP contribution in [0.15, 0.2) is 24.3 Å². The van der Waals surface area contributed by atoms with E-state index < -0.39 is 6.10 Å². The Kier molecular flexibility index (Phi) is 7.09. The molecule has 0 aromatic heterocycles. The second kappa shape index (κ2) is 8.59. The first-order valence-corrected chi connectivity index (χ1v) is 7.16. The molecule has 20 heavy (non-hydrogen) atoms. The molecule has 4 nitrogen and oxygen atoms in total. The van der Waals surface area contributed by atoms with E-state index in [1.165, 1.54) is 0 Å². The number of rotatable bonds is 8. The number of hydrogen-bond acceptors (Lipinski definition) is 4. The lowest BCUT2D eigenvalue weighted by atomic mass is 10.1. The third-order valence-electron chi connectivity index (χ3n) is 3.01. The number of benzene rings is 1. The van der Waals surface area contributed by atoms with Gasteiger partial charge in [-0.05, 0) is 37.5 Å². The largest absolute Gasteiger partial charge is 0.508 e. The number of phenols is 1. The molecule has 0 radical (unpaired) electrons. The van der Waals surface area contributed by atoms with Gasteiger partial charge in [0, 0.05) is 13.0 Å². The predicted octanol–water partition coefficient (Wildman–Crippen LogP) is 3.07. The molecule has 0 aliphatic rings. The van der Waals surface area contributed by atoms with Gasteiger partial charge in [0.25, 0.3) is 0 Å². The van der Waals surface area contributed by atoms with E-state index in [1.54, 1.807) is 18.2 Å². The first kappa shape index (κ1) is 16.5. The first-order chi connectivity index (χ1) is 9.56. The van der Waals surface area contributed by atoms with Gasteiger partial charge in [0.2, 0.25) is 0 Å². The van der Waals surface area contributed by atoms with Gasteiger partial charge >= 0.3 is 5.97 Å². The van der Waals surface area contributed by atoms with E-state index in [-0.39, 0.29) is 17.8 Å². The highest BCUT2D eigenvalue weighted by Gasteiger charge is 2.22. The molecule has 0 aliphatic carbocycles. The van der Waals surface area contributed by atoms with Gasteiger partial charge < -0.3 is 14.6 Å². The molecular formula is C16H24O4. The average molecular weight is 280 g/mol. The molecule has 0 amide bonds. The Bertz CT molecular complexity index is 417. The van der Waals surface area contributed by atoms with Crippen molar-refractivity contribution in [3.05, 3.63) is 29.8 Å². The zero-order chi connectivity index (χ0) is 15.0. The molecule has 2 unspecified atom stereocenters. The fraction of sp³-hybridized carbons (Fsp3) is 0.562. The molecule has 1 aromatic rings. The molecule has 0 saturated carbocycles. The molecule has 0 spiro atoms. The van der Waals surface area contributed by atoms with Crippen molar-refractivity contribution in [3.63, 3.8) is 0 Å². The number of phenolic OH excluding ortho intramolecular Hbond substituents is 1. The van der Waals surface area contributed by atoms with Gasteiger partial charge in [0.05, 0.1) is 6.10 Å². The van der Waals surface area contributed by atoms with E-state index in [1.807, 2.05) is 26.8 Å². The highest BCUT2D eigenvalue weighted by molar-refractivity contribution is 5.75. The zero-order valence-electron chi connectivity index (χ0n) is 12.5. The van der Waals surface area contributed by atoms with Crippen molar-refractivity contribution in [2.75, 3.05) is 6.61 Å². The minimum absolute atomic E-state index is 0.112. The van der Waals surface area contributed by atoms with Gasteiger partial charge in [-0.2, -0.15) is 0 Å². The Balaban J connectivity index is 2.70. The summed E-state index contributed by atoms with van der Waals surface area (Å²) in [7, 11) is 0. The van der Waals surface area contributed by atoms with Crippen LogP contribution in [-0.2, 0) is 20.7 Å². The summed E-state index contributed by atoms with van der Waals surface area (Å²) in [5.74, 6) is -0.150. The lowest BCUT2D eigenvalue weighted by Crippen LogP contribution is -2.31. The lowest BCUT2D eigenvalue weighted by Gasteiger charge is -2.19. The van der Waals surface area contributed by atoms with E-state index in [9.17, 15) is 9.90 Å². The Morgan fingerprint density at radius 2 is 2.10 bits per heavy atom. The minimum atomic E-state index is -0.620. The van der Waals surface area contributed by atoms with Gasteiger partial charge in [-0.3, -0.25) is 0 Å². The van der Waals surface area contributed by atoms with Gasteiger partial charge in [-0.1, -0.05) is 26.0 Å². The van der Waals surface area contributed by atoms with Crippen LogP contribution in [0.5, 0.6) is 5.75 Å². The molecule has 112 valence electrons. The number of ether oxygens (including phenoxy) is 2. The summed E-state index contributed by atoms with van der Waals surface area (Å²) in [4.78, 5) is 12.1. The van der Waals surface area contributed by atoms with Crippen molar-refractivity contribution in [1.82, 2.24) is 0 Å². The third kappa shape index (κ3) is 5.61. The normalized spacial score (nSPS) is 13.8. The first-order valence-electron chi connectivity index (χ1n) is 7.16. The molecular weight excluding hydrogens is 256 g/mol. The van der Waals surface area contributed by atoms with E-state index >= 15 is 0 Å². The van der Waals surface area contributed by atoms with Crippen LogP contribution < -0.4 is 0 Å². The maximum atomic E-state index is 12.1. The Hall–Kier alpha value is -1.55. The van der Waals surface area contributed by atoms with Crippen molar-refractivity contribution in [2.24, 2.45) is 0 Å². The van der Waals surface area contributed by atoms with Gasteiger partial charge in [-0.25, -0.2) is 4.79 Å². The molecule has 0 heterocycles. The molecule has 0 bridgehead atoms. The summed E-state index contributed by atoms with van der Waals surface area (Å²) in [6, 6.07) is 6.85. The second-order valence-corrected chi connectivity index (χ2v) is 4.89. The number of aromatic hydroxyl groups is 1. The average Bonchev–Trinajstić information content (AvgIpc) is 2.43. The van der Waals surface area contributed by atoms with Crippen LogP contribution in [-0.4, -0.2) is 29.9 Å². The maximum absolute atomic E-state index is 12.1. The van der Waals surface area contributed by atoms with Crippen molar-refractivity contribution in [1.29, 1.82) is 0 Å². The van der Waals surface area contributed by atoms with Crippen molar-refractivity contribution in [2.45, 2.75) is 52.2 Å². The minimum Gasteiger partial charge on any atom is -0.508 e. The van der Waals surface area contributed by atoms with Crippen molar-refractivity contribution in [3.8, 4) is 5.75 Å². The van der Waals surface area contributed by atoms with Crippen LogP contribution in [0.4, 0.5) is 0 Å². The zero-order valence-corrected chi connectivity index (χ0v) is 12.5. The summed E-state index contributed by atoms with van der Waals surface area (Å²) < 4.78 is 10.9. The topological polar surface area (TPSA) is 55.8 Å². The van der Waals surface area contributed by atoms with E-state index in [4.69, 9.17) is 9.47 Å². The van der Waals surface area contributed by atoms with E-state index in [0.29, 0.717) is 13.0 Å². The second-order valence-electron chi connectivity index (χ2n) is 4.89. The molecule has 1 N–H and O–H groups in total. The molecule has 0 aliphatic heterocycles. The summed E-state index contributed by atoms with van der Waals surface area (Å²) in [6.45, 7) is 6.34. The molecule has 1 aromatic carbocycles. The standard InChI is InChI=1S/C16H24O4/c1-4-9-19-15(16(18)20-12(3)5-2)11-13-7-6-8-14(17)10-13/h6-8,10,12,15,17H,4-5,9,11H2,1-3H3. The van der Waals surface area contributed by atoms with Crippen LogP contribution in [0.3, 0.4) is 0 Å². The number of esters is 1. The van der Waals surface area contributed by atoms with Crippen molar-refractivity contribution < 1.29 is 19.4 Å². The molecule has 2 atom stereocenters. The molecule has 4 heteroatoms. The van der Waals surface area contributed by atoms with Crippen LogP contribution in [0.1, 0.15) is 39.2 Å². The molecule has 0 fully saturated rings. The summed E-state index contributed by atoms with van der Waals surface area (Å²) in [5.41, 5.74) is 0.854. The smallest absolute Gasteiger partial charge is 0.335 e. The molecule has 1 rings (SSSR count). The Labute approximate surface area is 120 Å². The van der Waals surface area contributed by atoms with Crippen LogP contribution in [0.2, 0.25) is 0 Å². The summed E-state index contributed by atoms with van der Waals surface area (Å²) in [6.07, 6.45) is 1.29.